The lowest BCUT2D eigenvalue weighted by atomic mass is 9.93. The van der Waals surface area contributed by atoms with E-state index in [-0.39, 0.29) is 24.6 Å². The van der Waals surface area contributed by atoms with Gasteiger partial charge >= 0.3 is 0 Å². The molecular weight excluding hydrogens is 152 g/mol. The minimum absolute atomic E-state index is 0. The number of aliphatic hydroxyl groups is 1. The fraction of sp³-hybridized carbons (Fsp3) is 1.00. The molecule has 0 amide bonds. The van der Waals surface area contributed by atoms with E-state index < -0.39 is 0 Å². The smallest absolute Gasteiger partial charge is 0.0706 e. The van der Waals surface area contributed by atoms with Gasteiger partial charge in [-0.25, -0.2) is 0 Å². The Labute approximate surface area is 67.4 Å². The van der Waals surface area contributed by atoms with Gasteiger partial charge in [0.05, 0.1) is 6.10 Å². The van der Waals surface area contributed by atoms with Gasteiger partial charge in [-0.3, -0.25) is 11.3 Å². The van der Waals surface area contributed by atoms with E-state index in [1.54, 1.807) is 0 Å². The molecule has 4 heteroatoms. The highest BCUT2D eigenvalue weighted by Gasteiger charge is 2.20. The van der Waals surface area contributed by atoms with E-state index in [0.29, 0.717) is 0 Å². The summed E-state index contributed by atoms with van der Waals surface area (Å²) in [6.07, 6.45) is 4.02. The second-order valence-electron chi connectivity index (χ2n) is 2.62. The lowest BCUT2D eigenvalue weighted by Crippen LogP contribution is -2.45. The number of hydrogen-bond acceptors (Lipinski definition) is 3. The van der Waals surface area contributed by atoms with Crippen LogP contribution in [0.4, 0.5) is 0 Å². The zero-order valence-electron chi connectivity index (χ0n) is 5.92. The second-order valence-corrected chi connectivity index (χ2v) is 2.62. The quantitative estimate of drug-likeness (QED) is 0.385. The van der Waals surface area contributed by atoms with E-state index in [1.165, 1.54) is 6.42 Å². The molecule has 1 aliphatic rings. The average molecular weight is 167 g/mol. The average Bonchev–Trinajstić information content (AvgIpc) is 1.89. The number of hydrogen-bond donors (Lipinski definition) is 3. The minimum Gasteiger partial charge on any atom is -0.391 e. The van der Waals surface area contributed by atoms with Gasteiger partial charge in [-0.1, -0.05) is 12.8 Å². The zero-order valence-corrected chi connectivity index (χ0v) is 6.73. The topological polar surface area (TPSA) is 58.3 Å². The fourth-order valence-electron chi connectivity index (χ4n) is 1.31. The molecule has 0 aromatic rings. The van der Waals surface area contributed by atoms with Crippen LogP contribution in [0.15, 0.2) is 0 Å². The maximum absolute atomic E-state index is 9.23. The normalized spacial score (nSPS) is 33.0. The summed E-state index contributed by atoms with van der Waals surface area (Å²) in [7, 11) is 0. The third-order valence-electron chi connectivity index (χ3n) is 1.94. The predicted octanol–water partition coefficient (Wildman–Crippen LogP) is 0.175. The lowest BCUT2D eigenvalue weighted by Gasteiger charge is -2.26. The molecule has 1 aliphatic carbocycles. The molecule has 1 saturated carbocycles. The van der Waals surface area contributed by atoms with Gasteiger partial charge < -0.3 is 5.11 Å². The highest BCUT2D eigenvalue weighted by molar-refractivity contribution is 5.85. The zero-order chi connectivity index (χ0) is 6.69. The summed E-state index contributed by atoms with van der Waals surface area (Å²) in [6, 6.07) is 0.138. The Hall–Kier alpha value is 0.170. The number of nitrogens with one attached hydrogen (secondary N) is 1. The largest absolute Gasteiger partial charge is 0.391 e. The van der Waals surface area contributed by atoms with Gasteiger partial charge in [0, 0.05) is 6.04 Å². The van der Waals surface area contributed by atoms with Crippen molar-refractivity contribution in [3.05, 3.63) is 0 Å². The van der Waals surface area contributed by atoms with Crippen LogP contribution in [0.25, 0.3) is 0 Å². The van der Waals surface area contributed by atoms with Crippen molar-refractivity contribution in [2.24, 2.45) is 5.84 Å². The van der Waals surface area contributed by atoms with Gasteiger partial charge in [0.1, 0.15) is 0 Å². The molecule has 0 aromatic carbocycles. The number of rotatable bonds is 1. The molecule has 0 bridgehead atoms. The Balaban J connectivity index is 0.000000810. The van der Waals surface area contributed by atoms with Crippen LogP contribution in [-0.2, 0) is 0 Å². The highest BCUT2D eigenvalue weighted by Crippen LogP contribution is 2.17. The van der Waals surface area contributed by atoms with E-state index in [2.05, 4.69) is 5.43 Å². The van der Waals surface area contributed by atoms with E-state index in [0.717, 1.165) is 19.3 Å². The molecular formula is C6H15ClN2O. The summed E-state index contributed by atoms with van der Waals surface area (Å²) in [6.45, 7) is 0. The van der Waals surface area contributed by atoms with E-state index in [9.17, 15) is 5.11 Å². The van der Waals surface area contributed by atoms with Crippen LogP contribution < -0.4 is 11.3 Å². The molecule has 0 radical (unpaired) electrons. The molecule has 0 heterocycles. The van der Waals surface area contributed by atoms with E-state index in [1.807, 2.05) is 0 Å². The summed E-state index contributed by atoms with van der Waals surface area (Å²) >= 11 is 0. The van der Waals surface area contributed by atoms with Gasteiger partial charge in [-0.15, -0.1) is 12.4 Å². The summed E-state index contributed by atoms with van der Waals surface area (Å²) in [5, 5.41) is 9.23. The molecule has 2 unspecified atom stereocenters. The SMILES string of the molecule is Cl.NNC1CCCCC1O. The maximum Gasteiger partial charge on any atom is 0.0706 e. The lowest BCUT2D eigenvalue weighted by molar-refractivity contribution is 0.0913. The summed E-state index contributed by atoms with van der Waals surface area (Å²) in [5.41, 5.74) is 2.60. The highest BCUT2D eigenvalue weighted by atomic mass is 35.5. The maximum atomic E-state index is 9.23. The van der Waals surface area contributed by atoms with Gasteiger partial charge in [0.25, 0.3) is 0 Å². The van der Waals surface area contributed by atoms with Crippen LogP contribution in [-0.4, -0.2) is 17.3 Å². The molecule has 10 heavy (non-hydrogen) atoms. The first-order valence-corrected chi connectivity index (χ1v) is 3.49. The first-order chi connectivity index (χ1) is 4.34. The Bertz CT molecular complexity index is 91.8. The number of halogens is 1. The van der Waals surface area contributed by atoms with Gasteiger partial charge in [-0.05, 0) is 12.8 Å². The first-order valence-electron chi connectivity index (χ1n) is 3.49. The third kappa shape index (κ3) is 2.42. The van der Waals surface area contributed by atoms with Gasteiger partial charge in [-0.2, -0.15) is 0 Å². The van der Waals surface area contributed by atoms with Crippen LogP contribution in [0.1, 0.15) is 25.7 Å². The Kier molecular flexibility index (Phi) is 4.99. The molecule has 0 aliphatic heterocycles. The molecule has 1 rings (SSSR count). The van der Waals surface area contributed by atoms with Crippen molar-refractivity contribution in [3.8, 4) is 0 Å². The van der Waals surface area contributed by atoms with Crippen LogP contribution in [0.3, 0.4) is 0 Å². The van der Waals surface area contributed by atoms with Crippen molar-refractivity contribution in [1.29, 1.82) is 0 Å². The van der Waals surface area contributed by atoms with E-state index in [4.69, 9.17) is 5.84 Å². The number of aliphatic hydroxyl groups excluding tert-OH is 1. The molecule has 2 atom stereocenters. The summed E-state index contributed by atoms with van der Waals surface area (Å²) < 4.78 is 0. The molecule has 4 N–H and O–H groups in total. The van der Waals surface area contributed by atoms with Gasteiger partial charge in [0.2, 0.25) is 0 Å². The van der Waals surface area contributed by atoms with Crippen molar-refractivity contribution in [2.75, 3.05) is 0 Å². The Morgan fingerprint density at radius 3 is 2.30 bits per heavy atom. The standard InChI is InChI=1S/C6H14N2O.ClH/c7-8-5-3-1-2-4-6(5)9;/h5-6,8-9H,1-4,7H2;1H. The van der Waals surface area contributed by atoms with Crippen molar-refractivity contribution >= 4 is 12.4 Å². The molecule has 62 valence electrons. The molecule has 3 nitrogen and oxygen atoms in total. The number of nitrogens with two attached hydrogens (primary N) is 1. The number of hydrazine groups is 1. The third-order valence-corrected chi connectivity index (χ3v) is 1.94. The van der Waals surface area contributed by atoms with Crippen molar-refractivity contribution < 1.29 is 5.11 Å². The Morgan fingerprint density at radius 1 is 1.30 bits per heavy atom. The fourth-order valence-corrected chi connectivity index (χ4v) is 1.31. The van der Waals surface area contributed by atoms with Crippen molar-refractivity contribution in [2.45, 2.75) is 37.8 Å². The van der Waals surface area contributed by atoms with Crippen molar-refractivity contribution in [1.82, 2.24) is 5.43 Å². The second kappa shape index (κ2) is 4.91. The minimum atomic E-state index is -0.219. The molecule has 0 saturated heterocycles. The molecule has 0 spiro atoms. The van der Waals surface area contributed by atoms with Crippen LogP contribution in [0, 0.1) is 0 Å². The monoisotopic (exact) mass is 166 g/mol. The van der Waals surface area contributed by atoms with Crippen LogP contribution in [0.2, 0.25) is 0 Å². The molecule has 0 aromatic heterocycles. The van der Waals surface area contributed by atoms with E-state index >= 15 is 0 Å². The predicted molar refractivity (Wildman–Crippen MR) is 42.8 cm³/mol. The first kappa shape index (κ1) is 10.2. The van der Waals surface area contributed by atoms with Gasteiger partial charge in [0.15, 0.2) is 0 Å². The summed E-state index contributed by atoms with van der Waals surface area (Å²) in [5.74, 6) is 5.18. The summed E-state index contributed by atoms with van der Waals surface area (Å²) in [4.78, 5) is 0. The van der Waals surface area contributed by atoms with Crippen LogP contribution >= 0.6 is 12.4 Å². The van der Waals surface area contributed by atoms with Crippen molar-refractivity contribution in [3.63, 3.8) is 0 Å². The Morgan fingerprint density at radius 2 is 1.90 bits per heavy atom. The van der Waals surface area contributed by atoms with Crippen LogP contribution in [0.5, 0.6) is 0 Å². The molecule has 1 fully saturated rings.